The molecule has 7 heteroatoms. The van der Waals surface area contributed by atoms with Crippen LogP contribution in [0.1, 0.15) is 43.5 Å². The van der Waals surface area contributed by atoms with Crippen molar-refractivity contribution >= 4 is 17.6 Å². The van der Waals surface area contributed by atoms with Crippen LogP contribution in [-0.4, -0.2) is 45.2 Å². The molecule has 1 saturated heterocycles. The summed E-state index contributed by atoms with van der Waals surface area (Å²) in [5, 5.41) is 6.85. The SMILES string of the molecule is C[C@@H]1CCC[C@H](C)N1C(=O)COc1ccc(C(=O)Nc2ccn(C)n2)cc1. The zero-order chi connectivity index (χ0) is 19.4. The number of benzene rings is 1. The van der Waals surface area contributed by atoms with Gasteiger partial charge in [-0.15, -0.1) is 0 Å². The van der Waals surface area contributed by atoms with Crippen molar-refractivity contribution < 1.29 is 14.3 Å². The number of hydrogen-bond acceptors (Lipinski definition) is 4. The average molecular weight is 370 g/mol. The van der Waals surface area contributed by atoms with Gasteiger partial charge < -0.3 is 15.0 Å². The van der Waals surface area contributed by atoms with Gasteiger partial charge in [0, 0.05) is 37.0 Å². The highest BCUT2D eigenvalue weighted by molar-refractivity contribution is 6.03. The number of rotatable bonds is 5. The number of hydrogen-bond donors (Lipinski definition) is 1. The third kappa shape index (κ3) is 4.67. The van der Waals surface area contributed by atoms with Crippen LogP contribution < -0.4 is 10.1 Å². The third-order valence-corrected chi connectivity index (χ3v) is 4.92. The van der Waals surface area contributed by atoms with Gasteiger partial charge in [0.05, 0.1) is 0 Å². The number of piperidine rings is 1. The van der Waals surface area contributed by atoms with Crippen molar-refractivity contribution in [1.29, 1.82) is 0 Å². The van der Waals surface area contributed by atoms with Gasteiger partial charge in [-0.3, -0.25) is 14.3 Å². The molecule has 0 saturated carbocycles. The van der Waals surface area contributed by atoms with Gasteiger partial charge in [-0.25, -0.2) is 0 Å². The lowest BCUT2D eigenvalue weighted by Crippen LogP contribution is -2.49. The Morgan fingerprint density at radius 3 is 2.41 bits per heavy atom. The van der Waals surface area contributed by atoms with E-state index in [9.17, 15) is 9.59 Å². The first-order valence-corrected chi connectivity index (χ1v) is 9.29. The van der Waals surface area contributed by atoms with Gasteiger partial charge in [0.25, 0.3) is 11.8 Å². The first kappa shape index (κ1) is 18.9. The number of nitrogens with one attached hydrogen (secondary N) is 1. The summed E-state index contributed by atoms with van der Waals surface area (Å²) < 4.78 is 7.25. The Morgan fingerprint density at radius 2 is 1.81 bits per heavy atom. The van der Waals surface area contributed by atoms with Gasteiger partial charge in [-0.05, 0) is 57.4 Å². The maximum Gasteiger partial charge on any atom is 0.260 e. The van der Waals surface area contributed by atoms with Crippen molar-refractivity contribution in [2.75, 3.05) is 11.9 Å². The quantitative estimate of drug-likeness (QED) is 0.878. The fourth-order valence-electron chi connectivity index (χ4n) is 3.51. The maximum absolute atomic E-state index is 12.5. The van der Waals surface area contributed by atoms with E-state index in [0.717, 1.165) is 19.3 Å². The molecule has 0 bridgehead atoms. The van der Waals surface area contributed by atoms with Gasteiger partial charge in [-0.1, -0.05) is 0 Å². The highest BCUT2D eigenvalue weighted by Gasteiger charge is 2.28. The smallest absolute Gasteiger partial charge is 0.260 e. The molecule has 2 heterocycles. The van der Waals surface area contributed by atoms with Crippen molar-refractivity contribution in [3.05, 3.63) is 42.1 Å². The van der Waals surface area contributed by atoms with Gasteiger partial charge >= 0.3 is 0 Å². The molecule has 0 unspecified atom stereocenters. The monoisotopic (exact) mass is 370 g/mol. The maximum atomic E-state index is 12.5. The first-order chi connectivity index (χ1) is 12.9. The molecule has 1 aliphatic rings. The van der Waals surface area contributed by atoms with Gasteiger partial charge in [0.1, 0.15) is 5.75 Å². The van der Waals surface area contributed by atoms with Crippen LogP contribution in [0.25, 0.3) is 0 Å². The molecule has 2 atom stereocenters. The number of carbonyl (C=O) groups is 2. The Morgan fingerprint density at radius 1 is 1.15 bits per heavy atom. The van der Waals surface area contributed by atoms with Crippen LogP contribution in [-0.2, 0) is 11.8 Å². The predicted molar refractivity (Wildman–Crippen MR) is 103 cm³/mol. The van der Waals surface area contributed by atoms with Crippen LogP contribution in [0.5, 0.6) is 5.75 Å². The molecule has 0 aliphatic carbocycles. The van der Waals surface area contributed by atoms with Crippen LogP contribution in [0.3, 0.4) is 0 Å². The van der Waals surface area contributed by atoms with E-state index in [1.807, 2.05) is 4.90 Å². The molecule has 0 radical (unpaired) electrons. The summed E-state index contributed by atoms with van der Waals surface area (Å²) in [4.78, 5) is 26.6. The lowest BCUT2D eigenvalue weighted by Gasteiger charge is -2.38. The summed E-state index contributed by atoms with van der Waals surface area (Å²) in [6.07, 6.45) is 4.99. The second kappa shape index (κ2) is 8.24. The standard InChI is InChI=1S/C20H26N4O3/c1-14-5-4-6-15(2)24(14)19(25)13-27-17-9-7-16(8-10-17)20(26)21-18-11-12-23(3)22-18/h7-12,14-15H,4-6,13H2,1-3H3,(H,21,22,26)/t14-,15+. The van der Waals surface area contributed by atoms with Gasteiger partial charge in [-0.2, -0.15) is 5.10 Å². The first-order valence-electron chi connectivity index (χ1n) is 9.29. The number of nitrogens with zero attached hydrogens (tertiary/aromatic N) is 3. The van der Waals surface area contributed by atoms with Crippen LogP contribution in [0.15, 0.2) is 36.5 Å². The fraction of sp³-hybridized carbons (Fsp3) is 0.450. The Balaban J connectivity index is 1.54. The highest BCUT2D eigenvalue weighted by Crippen LogP contribution is 2.23. The number of anilines is 1. The predicted octanol–water partition coefficient (Wildman–Crippen LogP) is 2.84. The zero-order valence-corrected chi connectivity index (χ0v) is 16.0. The molecular formula is C20H26N4O3. The number of amides is 2. The van der Waals surface area contributed by atoms with Crippen LogP contribution in [0.4, 0.5) is 5.82 Å². The number of ether oxygens (including phenoxy) is 1. The molecule has 0 spiro atoms. The average Bonchev–Trinajstić information content (AvgIpc) is 3.05. The van der Waals surface area contributed by atoms with Crippen molar-refractivity contribution in [3.8, 4) is 5.75 Å². The molecule has 1 aromatic carbocycles. The minimum atomic E-state index is -0.243. The second-order valence-electron chi connectivity index (χ2n) is 7.07. The van der Waals surface area contributed by atoms with Crippen molar-refractivity contribution in [1.82, 2.24) is 14.7 Å². The summed E-state index contributed by atoms with van der Waals surface area (Å²) in [6.45, 7) is 4.18. The zero-order valence-electron chi connectivity index (χ0n) is 16.0. The molecular weight excluding hydrogens is 344 g/mol. The van der Waals surface area contributed by atoms with E-state index >= 15 is 0 Å². The van der Waals surface area contributed by atoms with Crippen LogP contribution >= 0.6 is 0 Å². The Kier molecular flexibility index (Phi) is 5.78. The van der Waals surface area contributed by atoms with Gasteiger partial charge in [0.2, 0.25) is 0 Å². The van der Waals surface area contributed by atoms with Crippen molar-refractivity contribution in [2.24, 2.45) is 7.05 Å². The second-order valence-corrected chi connectivity index (χ2v) is 7.07. The number of likely N-dealkylation sites (tertiary alicyclic amines) is 1. The summed E-state index contributed by atoms with van der Waals surface area (Å²) >= 11 is 0. The number of aromatic nitrogens is 2. The van der Waals surface area contributed by atoms with E-state index in [0.29, 0.717) is 17.1 Å². The third-order valence-electron chi connectivity index (χ3n) is 4.92. The Labute approximate surface area is 159 Å². The minimum absolute atomic E-state index is 0.00618. The molecule has 1 N–H and O–H groups in total. The van der Waals surface area contributed by atoms with Crippen molar-refractivity contribution in [2.45, 2.75) is 45.2 Å². The summed E-state index contributed by atoms with van der Waals surface area (Å²) in [6, 6.07) is 8.97. The van der Waals surface area contributed by atoms with E-state index in [4.69, 9.17) is 4.74 Å². The molecule has 2 amide bonds. The molecule has 144 valence electrons. The molecule has 1 aliphatic heterocycles. The lowest BCUT2D eigenvalue weighted by atomic mass is 9.97. The molecule has 3 rings (SSSR count). The lowest BCUT2D eigenvalue weighted by molar-refractivity contribution is -0.139. The van der Waals surface area contributed by atoms with E-state index in [2.05, 4.69) is 24.3 Å². The number of carbonyl (C=O) groups excluding carboxylic acids is 2. The molecule has 2 aromatic rings. The van der Waals surface area contributed by atoms with Crippen LogP contribution in [0.2, 0.25) is 0 Å². The minimum Gasteiger partial charge on any atom is -0.484 e. The normalized spacial score (nSPS) is 19.6. The van der Waals surface area contributed by atoms with E-state index in [-0.39, 0.29) is 30.5 Å². The summed E-state index contributed by atoms with van der Waals surface area (Å²) in [5.41, 5.74) is 0.498. The highest BCUT2D eigenvalue weighted by atomic mass is 16.5. The topological polar surface area (TPSA) is 76.5 Å². The fourth-order valence-corrected chi connectivity index (χ4v) is 3.51. The van der Waals surface area contributed by atoms with Crippen LogP contribution in [0, 0.1) is 0 Å². The molecule has 27 heavy (non-hydrogen) atoms. The largest absolute Gasteiger partial charge is 0.484 e. The summed E-state index contributed by atoms with van der Waals surface area (Å²) in [5.74, 6) is 0.826. The van der Waals surface area contributed by atoms with Crippen molar-refractivity contribution in [3.63, 3.8) is 0 Å². The number of aryl methyl sites for hydroxylation is 1. The van der Waals surface area contributed by atoms with E-state index < -0.39 is 0 Å². The molecule has 1 fully saturated rings. The summed E-state index contributed by atoms with van der Waals surface area (Å²) in [7, 11) is 1.79. The molecule has 7 nitrogen and oxygen atoms in total. The molecule has 1 aromatic heterocycles. The van der Waals surface area contributed by atoms with E-state index in [1.54, 1.807) is 48.3 Å². The van der Waals surface area contributed by atoms with Gasteiger partial charge in [0.15, 0.2) is 12.4 Å². The van der Waals surface area contributed by atoms with E-state index in [1.165, 1.54) is 0 Å². The Bertz CT molecular complexity index is 790. The Hall–Kier alpha value is -2.83.